The molecule has 10 nitrogen and oxygen atoms in total. The Hall–Kier alpha value is -3.56. The van der Waals surface area contributed by atoms with Gasteiger partial charge in [0.05, 0.1) is 6.04 Å². The van der Waals surface area contributed by atoms with Crippen molar-refractivity contribution in [1.29, 1.82) is 0 Å². The predicted molar refractivity (Wildman–Crippen MR) is 128 cm³/mol. The van der Waals surface area contributed by atoms with Gasteiger partial charge in [-0.3, -0.25) is 4.79 Å². The van der Waals surface area contributed by atoms with E-state index in [1.165, 1.54) is 6.08 Å². The molecule has 1 fully saturated rings. The second-order valence-electron chi connectivity index (χ2n) is 10.1. The van der Waals surface area contributed by atoms with Gasteiger partial charge in [0.15, 0.2) is 0 Å². The van der Waals surface area contributed by atoms with Gasteiger partial charge < -0.3 is 14.2 Å². The van der Waals surface area contributed by atoms with Crippen LogP contribution in [0.2, 0.25) is 0 Å². The minimum absolute atomic E-state index is 0.00616. The average Bonchev–Trinajstić information content (AvgIpc) is 3.08. The number of imide groups is 1. The van der Waals surface area contributed by atoms with Crippen molar-refractivity contribution < 1.29 is 33.4 Å². The van der Waals surface area contributed by atoms with E-state index in [1.807, 2.05) is 30.3 Å². The molecule has 1 aromatic carbocycles. The number of rotatable bonds is 6. The molecule has 35 heavy (non-hydrogen) atoms. The van der Waals surface area contributed by atoms with Gasteiger partial charge >= 0.3 is 18.3 Å². The maximum absolute atomic E-state index is 13.7. The highest BCUT2D eigenvalue weighted by atomic mass is 16.6. The monoisotopic (exact) mass is 489 g/mol. The van der Waals surface area contributed by atoms with Gasteiger partial charge in [-0.2, -0.15) is 0 Å². The highest BCUT2D eigenvalue weighted by Gasteiger charge is 2.44. The van der Waals surface area contributed by atoms with Crippen LogP contribution in [0.5, 0.6) is 0 Å². The summed E-state index contributed by atoms with van der Waals surface area (Å²) in [5.74, 6) is -0.741. The van der Waals surface area contributed by atoms with Gasteiger partial charge in [-0.05, 0) is 59.9 Å². The zero-order valence-corrected chi connectivity index (χ0v) is 21.2. The lowest BCUT2D eigenvalue weighted by Crippen LogP contribution is -2.60. The number of nitrogens with one attached hydrogen (secondary N) is 1. The minimum Gasteiger partial charge on any atom is -0.447 e. The van der Waals surface area contributed by atoms with Crippen LogP contribution in [0.25, 0.3) is 0 Å². The van der Waals surface area contributed by atoms with Crippen LogP contribution in [-0.4, -0.2) is 64.0 Å². The molecule has 1 saturated heterocycles. The number of amides is 4. The van der Waals surface area contributed by atoms with Crippen molar-refractivity contribution in [2.75, 3.05) is 6.61 Å². The molecule has 2 atom stereocenters. The van der Waals surface area contributed by atoms with Gasteiger partial charge in [-0.15, -0.1) is 6.58 Å². The van der Waals surface area contributed by atoms with E-state index in [0.717, 1.165) is 15.5 Å². The van der Waals surface area contributed by atoms with Crippen molar-refractivity contribution in [3.05, 3.63) is 48.6 Å². The van der Waals surface area contributed by atoms with E-state index < -0.39 is 47.5 Å². The van der Waals surface area contributed by atoms with Crippen LogP contribution in [0.1, 0.15) is 53.5 Å². The Kier molecular flexibility index (Phi) is 8.89. The zero-order chi connectivity index (χ0) is 26.4. The summed E-state index contributed by atoms with van der Waals surface area (Å²) in [6, 6.07) is 7.41. The van der Waals surface area contributed by atoms with Gasteiger partial charge in [-0.1, -0.05) is 36.4 Å². The third-order valence-corrected chi connectivity index (χ3v) is 4.70. The summed E-state index contributed by atoms with van der Waals surface area (Å²) < 4.78 is 15.8. The fraction of sp³-hybridized carbons (Fsp3) is 0.520. The van der Waals surface area contributed by atoms with E-state index in [9.17, 15) is 19.2 Å². The molecule has 1 heterocycles. The lowest BCUT2D eigenvalue weighted by molar-refractivity contribution is -0.135. The van der Waals surface area contributed by atoms with E-state index in [1.54, 1.807) is 41.5 Å². The minimum atomic E-state index is -1.33. The first-order chi connectivity index (χ1) is 16.2. The molecule has 0 bridgehead atoms. The lowest BCUT2D eigenvalue weighted by Gasteiger charge is -2.34. The van der Waals surface area contributed by atoms with Gasteiger partial charge in [0.1, 0.15) is 23.9 Å². The highest BCUT2D eigenvalue weighted by molar-refractivity contribution is 5.98. The molecular weight excluding hydrogens is 454 g/mol. The van der Waals surface area contributed by atoms with E-state index in [2.05, 4.69) is 12.0 Å². The molecule has 10 heteroatoms. The van der Waals surface area contributed by atoms with Crippen LogP contribution < -0.4 is 5.43 Å². The molecule has 4 amide bonds. The Labute approximate surface area is 206 Å². The van der Waals surface area contributed by atoms with Crippen LogP contribution in [0, 0.1) is 0 Å². The zero-order valence-electron chi connectivity index (χ0n) is 21.2. The second kappa shape index (κ2) is 11.2. The number of hydrogen-bond acceptors (Lipinski definition) is 7. The van der Waals surface area contributed by atoms with Crippen LogP contribution in [-0.2, 0) is 25.4 Å². The maximum Gasteiger partial charge on any atom is 0.430 e. The summed E-state index contributed by atoms with van der Waals surface area (Å²) in [5.41, 5.74) is 1.44. The molecular formula is C25H35N3O7. The summed E-state index contributed by atoms with van der Waals surface area (Å²) in [7, 11) is 0. The summed E-state index contributed by atoms with van der Waals surface area (Å²) in [5, 5.41) is 0.745. The largest absolute Gasteiger partial charge is 0.447 e. The van der Waals surface area contributed by atoms with Crippen LogP contribution >= 0.6 is 0 Å². The number of benzene rings is 1. The number of cyclic esters (lactones) is 1. The van der Waals surface area contributed by atoms with Crippen LogP contribution in [0.3, 0.4) is 0 Å². The number of hydrogen-bond donors (Lipinski definition) is 1. The first kappa shape index (κ1) is 27.7. The Morgan fingerprint density at radius 1 is 1.14 bits per heavy atom. The number of nitrogens with zero attached hydrogens (tertiary/aromatic N) is 2. The lowest BCUT2D eigenvalue weighted by atomic mass is 10.0. The van der Waals surface area contributed by atoms with Crippen molar-refractivity contribution in [3.8, 4) is 0 Å². The summed E-state index contributed by atoms with van der Waals surface area (Å²) >= 11 is 0. The number of carbonyl (C=O) groups is 4. The third kappa shape index (κ3) is 8.31. The molecule has 0 aromatic heterocycles. The SMILES string of the molecule is C=CC[C@H](C(=O)N1C(=O)OC[C@H]1Cc1ccccc1)N(NC(=O)OC(C)(C)C)C(=O)OC(C)(C)C. The van der Waals surface area contributed by atoms with E-state index in [4.69, 9.17) is 14.2 Å². The Morgan fingerprint density at radius 3 is 2.29 bits per heavy atom. The third-order valence-electron chi connectivity index (χ3n) is 4.70. The normalized spacial score (nSPS) is 16.7. The average molecular weight is 490 g/mol. The molecule has 0 saturated carbocycles. The first-order valence-electron chi connectivity index (χ1n) is 11.4. The fourth-order valence-electron chi connectivity index (χ4n) is 3.36. The van der Waals surface area contributed by atoms with Gasteiger partial charge in [-0.25, -0.2) is 29.7 Å². The Morgan fingerprint density at radius 2 is 1.74 bits per heavy atom. The molecule has 1 N–H and O–H groups in total. The number of hydrazine groups is 1. The fourth-order valence-corrected chi connectivity index (χ4v) is 3.36. The highest BCUT2D eigenvalue weighted by Crippen LogP contribution is 2.22. The molecule has 0 spiro atoms. The molecule has 1 aromatic rings. The van der Waals surface area contributed by atoms with Crippen LogP contribution in [0.15, 0.2) is 43.0 Å². The van der Waals surface area contributed by atoms with E-state index in [-0.39, 0.29) is 13.0 Å². The summed E-state index contributed by atoms with van der Waals surface area (Å²) in [6.07, 6.45) is -1.08. The first-order valence-corrected chi connectivity index (χ1v) is 11.4. The van der Waals surface area contributed by atoms with E-state index >= 15 is 0 Å². The number of ether oxygens (including phenoxy) is 3. The van der Waals surface area contributed by atoms with Gasteiger partial charge in [0.2, 0.25) is 0 Å². The maximum atomic E-state index is 13.7. The van der Waals surface area contributed by atoms with Gasteiger partial charge in [0.25, 0.3) is 5.91 Å². The summed E-state index contributed by atoms with van der Waals surface area (Å²) in [6.45, 7) is 13.6. The van der Waals surface area contributed by atoms with Crippen molar-refractivity contribution in [2.24, 2.45) is 0 Å². The quantitative estimate of drug-likeness (QED) is 0.362. The molecule has 1 aliphatic heterocycles. The van der Waals surface area contributed by atoms with Crippen LogP contribution in [0.4, 0.5) is 14.4 Å². The number of carbonyl (C=O) groups excluding carboxylic acids is 4. The molecule has 192 valence electrons. The smallest absolute Gasteiger partial charge is 0.430 e. The topological polar surface area (TPSA) is 114 Å². The van der Waals surface area contributed by atoms with Crippen molar-refractivity contribution in [3.63, 3.8) is 0 Å². The molecule has 2 rings (SSSR count). The molecule has 1 aliphatic rings. The van der Waals surface area contributed by atoms with Gasteiger partial charge in [0, 0.05) is 0 Å². The Balaban J connectivity index is 2.37. The van der Waals surface area contributed by atoms with Crippen molar-refractivity contribution >= 4 is 24.2 Å². The van der Waals surface area contributed by atoms with E-state index in [0.29, 0.717) is 6.42 Å². The molecule has 0 aliphatic carbocycles. The molecule has 0 radical (unpaired) electrons. The van der Waals surface area contributed by atoms with Crippen molar-refractivity contribution in [2.45, 2.75) is 77.7 Å². The standard InChI is InChI=1S/C25H35N3O7/c1-8-12-19(28(23(32)35-25(5,6)7)26-21(30)34-24(2,3)4)20(29)27-18(16-33-22(27)31)15-17-13-10-9-11-14-17/h8-11,13-14,18-19H,1,12,15-16H2,2-7H3,(H,26,30)/t18-,19-/m1/s1. The molecule has 0 unspecified atom stereocenters. The predicted octanol–water partition coefficient (Wildman–Crippen LogP) is 4.20. The van der Waals surface area contributed by atoms with Crippen molar-refractivity contribution in [1.82, 2.24) is 15.3 Å². The summed E-state index contributed by atoms with van der Waals surface area (Å²) in [4.78, 5) is 52.8. The second-order valence-corrected chi connectivity index (χ2v) is 10.1. The Bertz CT molecular complexity index is 935.